The van der Waals surface area contributed by atoms with Crippen molar-refractivity contribution in [2.75, 3.05) is 0 Å². The minimum atomic E-state index is -0.0216. The molecule has 0 heterocycles. The standard InChI is InChI=1S/C20H26O2/c1-19-8-7-15-12(14(19)5-6-18(19)22)4-3-11-9-17(21)13-10-16(13)20(11,15)2/h9,12-16H,3-8,10H2,1-2H3/t12-,13-,14-,15-,16?,19-,20-/m0/s1. The third-order valence-corrected chi connectivity index (χ3v) is 8.60. The van der Waals surface area contributed by atoms with Gasteiger partial charge in [0.15, 0.2) is 5.78 Å². The summed E-state index contributed by atoms with van der Waals surface area (Å²) in [5.41, 5.74) is 1.71. The fourth-order valence-corrected chi connectivity index (χ4v) is 7.23. The van der Waals surface area contributed by atoms with Gasteiger partial charge in [-0.05, 0) is 73.7 Å². The van der Waals surface area contributed by atoms with Crippen LogP contribution in [-0.2, 0) is 9.59 Å². The molecule has 0 spiro atoms. The van der Waals surface area contributed by atoms with Gasteiger partial charge < -0.3 is 0 Å². The maximum Gasteiger partial charge on any atom is 0.159 e. The van der Waals surface area contributed by atoms with Crippen LogP contribution in [0.4, 0.5) is 0 Å². The lowest BCUT2D eigenvalue weighted by molar-refractivity contribution is -0.132. The van der Waals surface area contributed by atoms with Crippen LogP contribution in [-0.4, -0.2) is 11.6 Å². The van der Waals surface area contributed by atoms with Crippen molar-refractivity contribution in [1.29, 1.82) is 0 Å². The van der Waals surface area contributed by atoms with Crippen molar-refractivity contribution in [3.63, 3.8) is 0 Å². The first-order chi connectivity index (χ1) is 10.5. The van der Waals surface area contributed by atoms with Crippen molar-refractivity contribution in [2.24, 2.45) is 40.4 Å². The molecule has 0 N–H and O–H groups in total. The van der Waals surface area contributed by atoms with E-state index in [9.17, 15) is 9.59 Å². The molecule has 0 bridgehead atoms. The van der Waals surface area contributed by atoms with Gasteiger partial charge in [0.25, 0.3) is 0 Å². The molecule has 5 aliphatic carbocycles. The topological polar surface area (TPSA) is 34.1 Å². The van der Waals surface area contributed by atoms with Gasteiger partial charge in [-0.15, -0.1) is 0 Å². The minimum Gasteiger partial charge on any atom is -0.299 e. The molecular weight excluding hydrogens is 272 g/mol. The summed E-state index contributed by atoms with van der Waals surface area (Å²) in [4.78, 5) is 24.6. The smallest absolute Gasteiger partial charge is 0.159 e. The summed E-state index contributed by atoms with van der Waals surface area (Å²) in [5.74, 6) is 3.96. The van der Waals surface area contributed by atoms with Crippen LogP contribution in [0.1, 0.15) is 58.8 Å². The molecule has 0 saturated heterocycles. The van der Waals surface area contributed by atoms with Crippen molar-refractivity contribution in [3.05, 3.63) is 11.6 Å². The SMILES string of the molecule is C[C@]12CC[C@H]3[C@@H](CCC4=CC(=O)[C@H]5CC5[C@@]43C)[C@@H]1CCC2=O. The second-order valence-electron chi connectivity index (χ2n) is 9.14. The monoisotopic (exact) mass is 298 g/mol. The second-order valence-corrected chi connectivity index (χ2v) is 9.14. The average molecular weight is 298 g/mol. The Kier molecular flexibility index (Phi) is 2.42. The van der Waals surface area contributed by atoms with Crippen LogP contribution in [0.2, 0.25) is 0 Å². The Morgan fingerprint density at radius 1 is 1.00 bits per heavy atom. The van der Waals surface area contributed by atoms with Gasteiger partial charge in [-0.1, -0.05) is 19.4 Å². The Bertz CT molecular complexity index is 617. The maximum atomic E-state index is 12.4. The molecule has 4 fully saturated rings. The Balaban J connectivity index is 1.56. The first kappa shape index (κ1) is 13.5. The summed E-state index contributed by atoms with van der Waals surface area (Å²) in [6, 6.07) is 0. The van der Waals surface area contributed by atoms with Gasteiger partial charge in [0.2, 0.25) is 0 Å². The zero-order chi connectivity index (χ0) is 15.3. The lowest BCUT2D eigenvalue weighted by Crippen LogP contribution is -2.51. The molecule has 22 heavy (non-hydrogen) atoms. The molecule has 0 amide bonds. The average Bonchev–Trinajstić information content (AvgIpc) is 3.24. The van der Waals surface area contributed by atoms with E-state index >= 15 is 0 Å². The van der Waals surface area contributed by atoms with Crippen molar-refractivity contribution in [1.82, 2.24) is 0 Å². The van der Waals surface area contributed by atoms with Crippen LogP contribution >= 0.6 is 0 Å². The Labute approximate surface area is 132 Å². The van der Waals surface area contributed by atoms with Crippen LogP contribution in [0.5, 0.6) is 0 Å². The van der Waals surface area contributed by atoms with E-state index in [1.165, 1.54) is 18.4 Å². The highest BCUT2D eigenvalue weighted by atomic mass is 16.1. The van der Waals surface area contributed by atoms with E-state index in [0.29, 0.717) is 29.3 Å². The van der Waals surface area contributed by atoms with Crippen molar-refractivity contribution in [3.8, 4) is 0 Å². The molecule has 5 rings (SSSR count). The number of ketones is 2. The fraction of sp³-hybridized carbons (Fsp3) is 0.800. The molecule has 0 aromatic rings. The first-order valence-electron chi connectivity index (χ1n) is 9.24. The van der Waals surface area contributed by atoms with Crippen LogP contribution in [0.15, 0.2) is 11.6 Å². The summed E-state index contributed by atoms with van der Waals surface area (Å²) in [5, 5.41) is 0. The molecule has 4 saturated carbocycles. The molecule has 0 radical (unpaired) electrons. The zero-order valence-corrected chi connectivity index (χ0v) is 13.7. The Morgan fingerprint density at radius 2 is 1.82 bits per heavy atom. The molecular formula is C20H26O2. The van der Waals surface area contributed by atoms with Crippen LogP contribution in [0.25, 0.3) is 0 Å². The van der Waals surface area contributed by atoms with E-state index in [-0.39, 0.29) is 10.8 Å². The normalized spacial score (nSPS) is 55.7. The predicted octanol–water partition coefficient (Wildman–Crippen LogP) is 3.94. The molecule has 2 nitrogen and oxygen atoms in total. The zero-order valence-electron chi connectivity index (χ0n) is 13.7. The van der Waals surface area contributed by atoms with Gasteiger partial charge in [-0.3, -0.25) is 9.59 Å². The largest absolute Gasteiger partial charge is 0.299 e. The maximum absolute atomic E-state index is 12.4. The fourth-order valence-electron chi connectivity index (χ4n) is 7.23. The number of hydrogen-bond acceptors (Lipinski definition) is 2. The summed E-state index contributed by atoms with van der Waals surface area (Å²) >= 11 is 0. The van der Waals surface area contributed by atoms with E-state index in [1.54, 1.807) is 0 Å². The number of carbonyl (C=O) groups excluding carboxylic acids is 2. The molecule has 2 heteroatoms. The summed E-state index contributed by atoms with van der Waals surface area (Å²) in [6.07, 6.45) is 9.70. The summed E-state index contributed by atoms with van der Waals surface area (Å²) in [6.45, 7) is 4.72. The van der Waals surface area contributed by atoms with Gasteiger partial charge in [0, 0.05) is 17.8 Å². The molecule has 118 valence electrons. The first-order valence-corrected chi connectivity index (χ1v) is 9.24. The van der Waals surface area contributed by atoms with Crippen LogP contribution in [0, 0.1) is 40.4 Å². The number of hydrogen-bond donors (Lipinski definition) is 0. The highest BCUT2D eigenvalue weighted by molar-refractivity contribution is 5.96. The van der Waals surface area contributed by atoms with Gasteiger partial charge in [-0.2, -0.15) is 0 Å². The van der Waals surface area contributed by atoms with E-state index in [2.05, 4.69) is 13.8 Å². The molecule has 5 aliphatic rings. The second kappa shape index (κ2) is 3.94. The van der Waals surface area contributed by atoms with Gasteiger partial charge in [0.05, 0.1) is 0 Å². The number of allylic oxidation sites excluding steroid dienone is 1. The molecule has 1 unspecified atom stereocenters. The predicted molar refractivity (Wildman–Crippen MR) is 84.1 cm³/mol. The van der Waals surface area contributed by atoms with E-state index in [0.717, 1.165) is 43.9 Å². The number of carbonyl (C=O) groups is 2. The highest BCUT2D eigenvalue weighted by Crippen LogP contribution is 2.70. The molecule has 0 aromatic heterocycles. The number of Topliss-reactive ketones (excluding diaryl/α,β-unsaturated/α-hetero) is 1. The molecule has 7 atom stereocenters. The quantitative estimate of drug-likeness (QED) is 0.678. The summed E-state index contributed by atoms with van der Waals surface area (Å²) < 4.78 is 0. The Hall–Kier alpha value is -0.920. The lowest BCUT2D eigenvalue weighted by atomic mass is 9.47. The van der Waals surface area contributed by atoms with Crippen molar-refractivity contribution >= 4 is 11.6 Å². The third kappa shape index (κ3) is 1.39. The van der Waals surface area contributed by atoms with Gasteiger partial charge in [-0.25, -0.2) is 0 Å². The summed E-state index contributed by atoms with van der Waals surface area (Å²) in [7, 11) is 0. The highest BCUT2D eigenvalue weighted by Gasteiger charge is 2.65. The molecule has 0 aliphatic heterocycles. The van der Waals surface area contributed by atoms with Gasteiger partial charge >= 0.3 is 0 Å². The van der Waals surface area contributed by atoms with Gasteiger partial charge in [0.1, 0.15) is 5.78 Å². The minimum absolute atomic E-state index is 0.0216. The van der Waals surface area contributed by atoms with Crippen molar-refractivity contribution in [2.45, 2.75) is 58.8 Å². The lowest BCUT2D eigenvalue weighted by Gasteiger charge is -2.57. The Morgan fingerprint density at radius 3 is 2.64 bits per heavy atom. The van der Waals surface area contributed by atoms with Crippen LogP contribution < -0.4 is 0 Å². The van der Waals surface area contributed by atoms with Crippen molar-refractivity contribution < 1.29 is 9.59 Å². The van der Waals surface area contributed by atoms with Crippen LogP contribution in [0.3, 0.4) is 0 Å². The third-order valence-electron chi connectivity index (χ3n) is 8.60. The van der Waals surface area contributed by atoms with E-state index in [1.807, 2.05) is 6.08 Å². The van der Waals surface area contributed by atoms with E-state index in [4.69, 9.17) is 0 Å². The molecule has 0 aromatic carbocycles. The number of fused-ring (bicyclic) bond motifs is 7. The van der Waals surface area contributed by atoms with E-state index < -0.39 is 0 Å². The number of rotatable bonds is 0.